The molecule has 3 N–H and O–H groups in total. The number of nitrogens with zero attached hydrogens (tertiary/aromatic N) is 10. The van der Waals surface area contributed by atoms with E-state index < -0.39 is 11.9 Å². The number of amides is 2. The smallest absolute Gasteiger partial charge is 0.249 e. The molecule has 4 saturated heterocycles. The summed E-state index contributed by atoms with van der Waals surface area (Å²) in [4.78, 5) is 40.7. The van der Waals surface area contributed by atoms with Crippen molar-refractivity contribution in [3.63, 3.8) is 0 Å². The number of ether oxygens (including phenoxy) is 2. The van der Waals surface area contributed by atoms with Gasteiger partial charge in [0.1, 0.15) is 40.6 Å². The number of piperazine rings is 2. The van der Waals surface area contributed by atoms with Crippen LogP contribution in [0.5, 0.6) is 5.75 Å². The first-order valence-corrected chi connectivity index (χ1v) is 21.1. The van der Waals surface area contributed by atoms with Crippen LogP contribution >= 0.6 is 0 Å². The van der Waals surface area contributed by atoms with Crippen LogP contribution in [0.1, 0.15) is 50.1 Å². The predicted molar refractivity (Wildman–Crippen MR) is 224 cm³/mol. The average molecular weight is 830 g/mol. The summed E-state index contributed by atoms with van der Waals surface area (Å²) in [5.41, 5.74) is 4.98. The highest BCUT2D eigenvalue weighted by atomic mass is 19.1. The number of anilines is 3. The lowest BCUT2D eigenvalue weighted by atomic mass is 9.90. The number of halogens is 1. The van der Waals surface area contributed by atoms with E-state index in [1.165, 1.54) is 13.2 Å². The van der Waals surface area contributed by atoms with Gasteiger partial charge in [0.05, 0.1) is 67.7 Å². The Kier molecular flexibility index (Phi) is 10.5. The summed E-state index contributed by atoms with van der Waals surface area (Å²) < 4.78 is 30.7. The molecule has 10 rings (SSSR count). The van der Waals surface area contributed by atoms with Crippen molar-refractivity contribution in [2.24, 2.45) is 0 Å². The van der Waals surface area contributed by atoms with Crippen LogP contribution in [0.25, 0.3) is 28.0 Å². The average Bonchev–Trinajstić information content (AvgIpc) is 3.96. The number of methoxy groups -OCH3 is 1. The number of benzene rings is 1. The van der Waals surface area contributed by atoms with Gasteiger partial charge in [0.25, 0.3) is 0 Å². The van der Waals surface area contributed by atoms with Crippen molar-refractivity contribution >= 4 is 34.5 Å². The molecule has 5 fully saturated rings. The van der Waals surface area contributed by atoms with Gasteiger partial charge in [0, 0.05) is 99.5 Å². The van der Waals surface area contributed by atoms with Crippen LogP contribution in [0.3, 0.4) is 0 Å². The van der Waals surface area contributed by atoms with E-state index in [9.17, 15) is 14.9 Å². The summed E-state index contributed by atoms with van der Waals surface area (Å²) in [5, 5.41) is 28.3. The summed E-state index contributed by atoms with van der Waals surface area (Å²) in [5.74, 6) is 0.238. The fourth-order valence-electron chi connectivity index (χ4n) is 9.71. The number of carbonyl (C=O) groups is 2. The van der Waals surface area contributed by atoms with Crippen LogP contribution in [0, 0.1) is 17.1 Å². The number of nitriles is 1. The molecule has 0 radical (unpaired) electrons. The minimum atomic E-state index is -0.639. The van der Waals surface area contributed by atoms with Crippen LogP contribution in [0.2, 0.25) is 0 Å². The Morgan fingerprint density at radius 1 is 0.918 bits per heavy atom. The van der Waals surface area contributed by atoms with Gasteiger partial charge in [-0.1, -0.05) is 0 Å². The molecule has 5 aromatic rings. The van der Waals surface area contributed by atoms with Crippen molar-refractivity contribution in [2.45, 2.75) is 68.7 Å². The topological polar surface area (TPSA) is 183 Å². The van der Waals surface area contributed by atoms with Gasteiger partial charge in [-0.2, -0.15) is 15.5 Å². The Bertz CT molecular complexity index is 2470. The van der Waals surface area contributed by atoms with Gasteiger partial charge in [-0.05, 0) is 44.2 Å². The number of piperidine rings is 1. The Labute approximate surface area is 351 Å². The molecule has 61 heavy (non-hydrogen) atoms. The first-order valence-electron chi connectivity index (χ1n) is 21.1. The van der Waals surface area contributed by atoms with Gasteiger partial charge in [-0.25, -0.2) is 18.9 Å². The van der Waals surface area contributed by atoms with E-state index in [0.717, 1.165) is 68.8 Å². The summed E-state index contributed by atoms with van der Waals surface area (Å²) in [6, 6.07) is 10.0. The number of rotatable bonds is 9. The van der Waals surface area contributed by atoms with Crippen molar-refractivity contribution < 1.29 is 23.5 Å². The first kappa shape index (κ1) is 39.0. The second-order valence-corrected chi connectivity index (χ2v) is 16.7. The van der Waals surface area contributed by atoms with Gasteiger partial charge >= 0.3 is 0 Å². The maximum Gasteiger partial charge on any atom is 0.249 e. The molecule has 18 heteroatoms. The van der Waals surface area contributed by atoms with Crippen molar-refractivity contribution in [1.29, 1.82) is 5.26 Å². The number of pyridine rings is 1. The second-order valence-electron chi connectivity index (χ2n) is 16.7. The lowest BCUT2D eigenvalue weighted by molar-refractivity contribution is -0.133. The number of hydrogen-bond donors (Lipinski definition) is 3. The van der Waals surface area contributed by atoms with Crippen molar-refractivity contribution in [3.8, 4) is 34.3 Å². The molecule has 8 heterocycles. The van der Waals surface area contributed by atoms with Crippen LogP contribution < -0.4 is 30.5 Å². The molecule has 5 aliphatic rings. The van der Waals surface area contributed by atoms with Crippen LogP contribution in [0.4, 0.5) is 21.6 Å². The molecule has 4 aliphatic heterocycles. The van der Waals surface area contributed by atoms with Crippen LogP contribution in [-0.2, 0) is 14.3 Å². The molecule has 4 aromatic heterocycles. The maximum absolute atomic E-state index is 15.6. The Hall–Kier alpha value is -6.16. The van der Waals surface area contributed by atoms with Gasteiger partial charge in [0.15, 0.2) is 0 Å². The molecule has 2 bridgehead atoms. The van der Waals surface area contributed by atoms with Crippen LogP contribution in [0.15, 0.2) is 55.2 Å². The molecule has 3 atom stereocenters. The first-order chi connectivity index (χ1) is 29.8. The zero-order valence-corrected chi connectivity index (χ0v) is 34.0. The Morgan fingerprint density at radius 3 is 2.43 bits per heavy atom. The largest absolute Gasteiger partial charge is 0.495 e. The molecule has 17 nitrogen and oxygen atoms in total. The van der Waals surface area contributed by atoms with E-state index in [-0.39, 0.29) is 36.3 Å². The van der Waals surface area contributed by atoms with Gasteiger partial charge in [-0.3, -0.25) is 24.5 Å². The van der Waals surface area contributed by atoms with E-state index >= 15 is 4.39 Å². The number of fused-ring (bicyclic) bond motifs is 3. The van der Waals surface area contributed by atoms with E-state index in [2.05, 4.69) is 52.7 Å². The lowest BCUT2D eigenvalue weighted by Gasteiger charge is -2.42. The van der Waals surface area contributed by atoms with Crippen molar-refractivity contribution in [3.05, 3.63) is 66.6 Å². The highest BCUT2D eigenvalue weighted by molar-refractivity contribution is 6.01. The number of aromatic nitrogens is 6. The SMILES string of the molecule is COc1cc(N2CCN(C3CCC(n4cc(-c5cn6ncc(C#N)c6c(-c6ccc(N7C[C@@H]8COC[C@@H](C7)N8)nc6)n5)cn4)CC3)CC2)c(F)cc1NC1CCC(=O)NC1=O. The Morgan fingerprint density at radius 2 is 1.70 bits per heavy atom. The van der Waals surface area contributed by atoms with Crippen molar-refractivity contribution in [2.75, 3.05) is 74.7 Å². The van der Waals surface area contributed by atoms with E-state index in [4.69, 9.17) is 24.5 Å². The summed E-state index contributed by atoms with van der Waals surface area (Å²) in [7, 11) is 1.52. The number of carbonyl (C=O) groups excluding carboxylic acids is 2. The zero-order chi connectivity index (χ0) is 41.6. The van der Waals surface area contributed by atoms with Gasteiger partial charge < -0.3 is 29.9 Å². The third kappa shape index (κ3) is 7.73. The summed E-state index contributed by atoms with van der Waals surface area (Å²) >= 11 is 0. The minimum Gasteiger partial charge on any atom is -0.495 e. The molecule has 1 unspecified atom stereocenters. The lowest BCUT2D eigenvalue weighted by Crippen LogP contribution is -2.63. The highest BCUT2D eigenvalue weighted by Crippen LogP contribution is 2.37. The standard InChI is InChI=1S/C43H48FN13O4/c1-60-38-15-37(33(44)14-35(38)50-34-7-9-40(58)52-43(34)59)54-12-10-53(11-13-54)31-3-5-32(6-4-31)56-20-28(19-47-56)36-23-57-42(27(16-45)18-48-57)41(51-36)26-2-8-39(46-17-26)55-21-29-24-61-25-30(22-55)49-29/h2,8,14-15,17-20,23,29-32,34,49-50H,3-7,9-13,21-22,24-25H2,1H3,(H,52,58,59)/t29-,30-,31?,32?,34?/m1/s1. The van der Waals surface area contributed by atoms with E-state index in [0.29, 0.717) is 78.4 Å². The van der Waals surface area contributed by atoms with Gasteiger partial charge in [-0.15, -0.1) is 0 Å². The van der Waals surface area contributed by atoms with Crippen LogP contribution in [-0.4, -0.2) is 130 Å². The molecule has 2 amide bonds. The third-order valence-corrected chi connectivity index (χ3v) is 12.9. The monoisotopic (exact) mass is 829 g/mol. The third-order valence-electron chi connectivity index (χ3n) is 12.9. The van der Waals surface area contributed by atoms with E-state index in [1.54, 1.807) is 16.8 Å². The Balaban J connectivity index is 0.777. The zero-order valence-electron chi connectivity index (χ0n) is 34.0. The number of morpholine rings is 1. The predicted octanol–water partition coefficient (Wildman–Crippen LogP) is 3.37. The maximum atomic E-state index is 15.6. The number of nitrogens with one attached hydrogen (secondary N) is 3. The number of hydrogen-bond acceptors (Lipinski definition) is 14. The quantitative estimate of drug-likeness (QED) is 0.184. The summed E-state index contributed by atoms with van der Waals surface area (Å²) in [6.07, 6.45) is 13.8. The molecule has 1 aliphatic carbocycles. The molecule has 1 aromatic carbocycles. The second kappa shape index (κ2) is 16.4. The molecule has 316 valence electrons. The molecular formula is C43H48FN13O4. The minimum absolute atomic E-state index is 0.224. The van der Waals surface area contributed by atoms with Crippen molar-refractivity contribution in [1.82, 2.24) is 44.9 Å². The van der Waals surface area contributed by atoms with E-state index in [1.807, 2.05) is 30.7 Å². The number of imide groups is 1. The fraction of sp³-hybridized carbons (Fsp3) is 0.465. The fourth-order valence-corrected chi connectivity index (χ4v) is 9.71. The molecule has 0 spiro atoms. The van der Waals surface area contributed by atoms with Gasteiger partial charge in [0.2, 0.25) is 11.8 Å². The normalized spacial score (nSPS) is 24.7. The molecule has 1 saturated carbocycles. The molecular weight excluding hydrogens is 782 g/mol. The highest BCUT2D eigenvalue weighted by Gasteiger charge is 2.33. The summed E-state index contributed by atoms with van der Waals surface area (Å²) in [6.45, 7) is 6.06.